The van der Waals surface area contributed by atoms with E-state index in [-0.39, 0.29) is 5.91 Å². The molecule has 0 bridgehead atoms. The van der Waals surface area contributed by atoms with E-state index in [9.17, 15) is 4.79 Å². The van der Waals surface area contributed by atoms with Crippen molar-refractivity contribution in [3.8, 4) is 6.07 Å². The smallest absolute Gasteiger partial charge is 0.221 e. The third-order valence-corrected chi connectivity index (χ3v) is 2.80. The summed E-state index contributed by atoms with van der Waals surface area (Å²) in [5.41, 5.74) is -0.764. The number of hydrogen-bond acceptors (Lipinski definition) is 3. The van der Waals surface area contributed by atoms with E-state index in [1.807, 2.05) is 6.92 Å². The molecule has 90 valence electrons. The normalized spacial score (nSPS) is 24.4. The molecule has 1 aliphatic rings. The first kappa shape index (κ1) is 13.0. The van der Waals surface area contributed by atoms with Crippen LogP contribution in [-0.4, -0.2) is 24.2 Å². The van der Waals surface area contributed by atoms with Crippen molar-refractivity contribution in [3.63, 3.8) is 0 Å². The summed E-state index contributed by atoms with van der Waals surface area (Å²) in [6.45, 7) is 6.13. The number of ether oxygens (including phenoxy) is 1. The SMILES string of the molecule is CCOC1CC(CC(=O)NC(C)(C)C#N)C1. The molecule has 0 heterocycles. The number of hydrogen-bond donors (Lipinski definition) is 1. The van der Waals surface area contributed by atoms with Crippen LogP contribution in [0.1, 0.15) is 40.0 Å². The molecule has 0 unspecified atom stereocenters. The van der Waals surface area contributed by atoms with E-state index in [1.165, 1.54) is 0 Å². The maximum Gasteiger partial charge on any atom is 0.221 e. The van der Waals surface area contributed by atoms with Gasteiger partial charge in [0.15, 0.2) is 0 Å². The molecule has 0 aromatic rings. The molecule has 1 rings (SSSR count). The summed E-state index contributed by atoms with van der Waals surface area (Å²) in [6, 6.07) is 2.05. The van der Waals surface area contributed by atoms with Crippen molar-refractivity contribution in [2.45, 2.75) is 51.7 Å². The number of carbonyl (C=O) groups is 1. The summed E-state index contributed by atoms with van der Waals surface area (Å²) in [4.78, 5) is 11.6. The third-order valence-electron chi connectivity index (χ3n) is 2.80. The summed E-state index contributed by atoms with van der Waals surface area (Å²) >= 11 is 0. The molecule has 0 aliphatic heterocycles. The molecule has 0 aromatic carbocycles. The molecule has 16 heavy (non-hydrogen) atoms. The number of rotatable bonds is 5. The van der Waals surface area contributed by atoms with Crippen molar-refractivity contribution in [2.24, 2.45) is 5.92 Å². The first-order valence-corrected chi connectivity index (χ1v) is 5.80. The molecule has 1 amide bonds. The Labute approximate surface area is 97.0 Å². The number of nitrogens with one attached hydrogen (secondary N) is 1. The van der Waals surface area contributed by atoms with Crippen molar-refractivity contribution in [1.82, 2.24) is 5.32 Å². The summed E-state index contributed by atoms with van der Waals surface area (Å²) in [5.74, 6) is 0.387. The first-order chi connectivity index (χ1) is 7.46. The molecule has 1 saturated carbocycles. The van der Waals surface area contributed by atoms with Gasteiger partial charge in [0, 0.05) is 13.0 Å². The van der Waals surface area contributed by atoms with Crippen molar-refractivity contribution < 1.29 is 9.53 Å². The van der Waals surface area contributed by atoms with Gasteiger partial charge in [-0.15, -0.1) is 0 Å². The van der Waals surface area contributed by atoms with E-state index in [1.54, 1.807) is 13.8 Å². The van der Waals surface area contributed by atoms with Gasteiger partial charge in [0.25, 0.3) is 0 Å². The number of carbonyl (C=O) groups excluding carboxylic acids is 1. The average Bonchev–Trinajstić information content (AvgIpc) is 2.14. The zero-order valence-corrected chi connectivity index (χ0v) is 10.2. The quantitative estimate of drug-likeness (QED) is 0.771. The zero-order valence-electron chi connectivity index (χ0n) is 10.2. The number of nitriles is 1. The van der Waals surface area contributed by atoms with Crippen LogP contribution >= 0.6 is 0 Å². The maximum atomic E-state index is 11.6. The number of nitrogens with zero attached hydrogens (tertiary/aromatic N) is 1. The standard InChI is InChI=1S/C12H20N2O2/c1-4-16-10-5-9(6-10)7-11(15)14-12(2,3)8-13/h9-10H,4-7H2,1-3H3,(H,14,15). The molecule has 0 aromatic heterocycles. The number of amides is 1. The summed E-state index contributed by atoms with van der Waals surface area (Å²) in [5, 5.41) is 11.5. The predicted octanol–water partition coefficient (Wildman–Crippen LogP) is 1.61. The monoisotopic (exact) mass is 224 g/mol. The Morgan fingerprint density at radius 1 is 1.56 bits per heavy atom. The minimum atomic E-state index is -0.764. The lowest BCUT2D eigenvalue weighted by atomic mass is 9.79. The minimum absolute atomic E-state index is 0.0356. The summed E-state index contributed by atoms with van der Waals surface area (Å²) in [6.07, 6.45) is 2.78. The Morgan fingerprint density at radius 2 is 2.19 bits per heavy atom. The van der Waals surface area contributed by atoms with Crippen LogP contribution < -0.4 is 5.32 Å². The molecule has 0 atom stereocenters. The van der Waals surface area contributed by atoms with Crippen LogP contribution in [0.5, 0.6) is 0 Å². The van der Waals surface area contributed by atoms with Crippen LogP contribution in [0.25, 0.3) is 0 Å². The second kappa shape index (κ2) is 5.31. The Hall–Kier alpha value is -1.08. The van der Waals surface area contributed by atoms with Gasteiger partial charge < -0.3 is 10.1 Å². The van der Waals surface area contributed by atoms with Gasteiger partial charge in [-0.2, -0.15) is 5.26 Å². The van der Waals surface area contributed by atoms with Crippen molar-refractivity contribution in [1.29, 1.82) is 5.26 Å². The molecule has 1 fully saturated rings. The fourth-order valence-corrected chi connectivity index (χ4v) is 1.90. The molecule has 0 spiro atoms. The van der Waals surface area contributed by atoms with Gasteiger partial charge in [0.1, 0.15) is 5.54 Å². The largest absolute Gasteiger partial charge is 0.378 e. The highest BCUT2D eigenvalue weighted by Crippen LogP contribution is 2.32. The van der Waals surface area contributed by atoms with Gasteiger partial charge in [0.2, 0.25) is 5.91 Å². The highest BCUT2D eigenvalue weighted by Gasteiger charge is 2.32. The van der Waals surface area contributed by atoms with Crippen LogP contribution in [0.3, 0.4) is 0 Å². The molecular formula is C12H20N2O2. The molecule has 0 saturated heterocycles. The Kier molecular flexibility index (Phi) is 4.31. The molecular weight excluding hydrogens is 204 g/mol. The van der Waals surface area contributed by atoms with E-state index in [2.05, 4.69) is 11.4 Å². The van der Waals surface area contributed by atoms with Crippen molar-refractivity contribution in [2.75, 3.05) is 6.61 Å². The Bertz CT molecular complexity index is 288. The van der Waals surface area contributed by atoms with Crippen LogP contribution in [0.2, 0.25) is 0 Å². The summed E-state index contributed by atoms with van der Waals surface area (Å²) in [7, 11) is 0. The van der Waals surface area contributed by atoms with E-state index >= 15 is 0 Å². The highest BCUT2D eigenvalue weighted by molar-refractivity contribution is 5.77. The van der Waals surface area contributed by atoms with Gasteiger partial charge in [-0.3, -0.25) is 4.79 Å². The van der Waals surface area contributed by atoms with Crippen LogP contribution in [-0.2, 0) is 9.53 Å². The topological polar surface area (TPSA) is 62.1 Å². The van der Waals surface area contributed by atoms with Crippen molar-refractivity contribution >= 4 is 5.91 Å². The van der Waals surface area contributed by atoms with Gasteiger partial charge >= 0.3 is 0 Å². The fraction of sp³-hybridized carbons (Fsp3) is 0.833. The third kappa shape index (κ3) is 3.82. The van der Waals surface area contributed by atoms with Crippen LogP contribution in [0.15, 0.2) is 0 Å². The lowest BCUT2D eigenvalue weighted by Crippen LogP contribution is -2.44. The van der Waals surface area contributed by atoms with E-state index in [0.717, 1.165) is 19.4 Å². The summed E-state index contributed by atoms with van der Waals surface area (Å²) < 4.78 is 5.43. The van der Waals surface area contributed by atoms with Gasteiger partial charge in [0.05, 0.1) is 12.2 Å². The fourth-order valence-electron chi connectivity index (χ4n) is 1.90. The second-order valence-electron chi connectivity index (χ2n) is 4.90. The molecule has 4 heteroatoms. The van der Waals surface area contributed by atoms with Crippen molar-refractivity contribution in [3.05, 3.63) is 0 Å². The van der Waals surface area contributed by atoms with E-state index in [4.69, 9.17) is 10.00 Å². The van der Waals surface area contributed by atoms with Crippen LogP contribution in [0.4, 0.5) is 0 Å². The molecule has 0 radical (unpaired) electrons. The molecule has 1 aliphatic carbocycles. The Balaban J connectivity index is 2.20. The zero-order chi connectivity index (χ0) is 12.2. The highest BCUT2D eigenvalue weighted by atomic mass is 16.5. The van der Waals surface area contributed by atoms with Gasteiger partial charge in [-0.05, 0) is 39.5 Å². The first-order valence-electron chi connectivity index (χ1n) is 5.80. The van der Waals surface area contributed by atoms with Gasteiger partial charge in [-0.25, -0.2) is 0 Å². The maximum absolute atomic E-state index is 11.6. The van der Waals surface area contributed by atoms with E-state index in [0.29, 0.717) is 18.4 Å². The molecule has 1 N–H and O–H groups in total. The lowest BCUT2D eigenvalue weighted by Gasteiger charge is -2.34. The lowest BCUT2D eigenvalue weighted by molar-refractivity contribution is -0.125. The molecule has 4 nitrogen and oxygen atoms in total. The van der Waals surface area contributed by atoms with Crippen LogP contribution in [0, 0.1) is 17.2 Å². The predicted molar refractivity (Wildman–Crippen MR) is 60.6 cm³/mol. The average molecular weight is 224 g/mol. The Morgan fingerprint density at radius 3 is 2.69 bits per heavy atom. The van der Waals surface area contributed by atoms with Gasteiger partial charge in [-0.1, -0.05) is 0 Å². The second-order valence-corrected chi connectivity index (χ2v) is 4.90. The van der Waals surface area contributed by atoms with E-state index < -0.39 is 5.54 Å². The minimum Gasteiger partial charge on any atom is -0.378 e.